The minimum atomic E-state index is -0.277. The highest BCUT2D eigenvalue weighted by Crippen LogP contribution is 2.31. The summed E-state index contributed by atoms with van der Waals surface area (Å²) >= 11 is 5.94. The Bertz CT molecular complexity index is 1260. The lowest BCUT2D eigenvalue weighted by Gasteiger charge is -2.19. The first-order valence-electron chi connectivity index (χ1n) is 14.6. The van der Waals surface area contributed by atoms with Gasteiger partial charge in [-0.15, -0.1) is 0 Å². The van der Waals surface area contributed by atoms with Crippen LogP contribution in [0.5, 0.6) is 5.75 Å². The summed E-state index contributed by atoms with van der Waals surface area (Å²) in [4.78, 5) is 11.3. The summed E-state index contributed by atoms with van der Waals surface area (Å²) in [5.41, 5.74) is 3.85. The highest BCUT2D eigenvalue weighted by Gasteiger charge is 2.12. The molecular weight excluding hydrogens is 502 g/mol. The van der Waals surface area contributed by atoms with E-state index in [0.717, 1.165) is 52.9 Å². The summed E-state index contributed by atoms with van der Waals surface area (Å²) in [6.07, 6.45) is 11.9. The van der Waals surface area contributed by atoms with Gasteiger partial charge in [0.25, 0.3) is 0 Å². The molecule has 0 aliphatic carbocycles. The fourth-order valence-corrected chi connectivity index (χ4v) is 5.32. The molecule has 39 heavy (non-hydrogen) atoms. The zero-order valence-electron chi connectivity index (χ0n) is 24.0. The van der Waals surface area contributed by atoms with Crippen molar-refractivity contribution in [3.05, 3.63) is 71.4 Å². The van der Waals surface area contributed by atoms with E-state index < -0.39 is 0 Å². The van der Waals surface area contributed by atoms with E-state index in [2.05, 4.69) is 73.5 Å². The molecule has 0 N–H and O–H groups in total. The number of carbonyl (C=O) groups is 1. The Kier molecular flexibility index (Phi) is 12.8. The van der Waals surface area contributed by atoms with E-state index in [9.17, 15) is 4.79 Å². The molecule has 1 heterocycles. The van der Waals surface area contributed by atoms with Crippen LogP contribution in [0.25, 0.3) is 22.0 Å². The third-order valence-electron chi connectivity index (χ3n) is 7.00. The van der Waals surface area contributed by atoms with Gasteiger partial charge in [-0.1, -0.05) is 100 Å². The van der Waals surface area contributed by atoms with Crippen molar-refractivity contribution in [2.45, 2.75) is 91.0 Å². The molecule has 0 amide bonds. The van der Waals surface area contributed by atoms with E-state index in [0.29, 0.717) is 12.2 Å². The number of hydrogen-bond acceptors (Lipinski definition) is 4. The number of carbonyl (C=O) groups excluding carboxylic acids is 1. The number of rotatable bonds is 17. The van der Waals surface area contributed by atoms with Crippen LogP contribution >= 0.6 is 12.2 Å². The lowest BCUT2D eigenvalue weighted by molar-refractivity contribution is -0.139. The molecule has 0 atom stereocenters. The second-order valence-corrected chi connectivity index (χ2v) is 11.1. The number of ether oxygens (including phenoxy) is 2. The van der Waals surface area contributed by atoms with Crippen molar-refractivity contribution in [2.75, 3.05) is 13.2 Å². The summed E-state index contributed by atoms with van der Waals surface area (Å²) < 4.78 is 14.4. The number of aromatic nitrogens is 1. The monoisotopic (exact) mass is 547 g/mol. The molecule has 0 fully saturated rings. The van der Waals surface area contributed by atoms with Gasteiger partial charge in [0.1, 0.15) is 10.4 Å². The first-order valence-corrected chi connectivity index (χ1v) is 15.0. The zero-order chi connectivity index (χ0) is 28.0. The molecule has 0 spiro atoms. The molecule has 3 rings (SSSR count). The number of benzene rings is 2. The molecule has 0 bridgehead atoms. The number of hydrogen-bond donors (Lipinski definition) is 0. The number of esters is 1. The molecule has 0 aliphatic heterocycles. The third-order valence-corrected chi connectivity index (χ3v) is 7.42. The molecular formula is C34H45NO3S. The molecule has 1 aromatic heterocycles. The van der Waals surface area contributed by atoms with Gasteiger partial charge in [0.15, 0.2) is 0 Å². The number of unbranched alkanes of at least 4 members (excludes halogenated alkanes) is 9. The lowest BCUT2D eigenvalue weighted by atomic mass is 10.0. The molecule has 210 valence electrons. The average molecular weight is 548 g/mol. The van der Waals surface area contributed by atoms with E-state index in [1.165, 1.54) is 50.3 Å². The van der Waals surface area contributed by atoms with Crippen LogP contribution in [-0.4, -0.2) is 23.8 Å². The Balaban J connectivity index is 1.35. The fraction of sp³-hybridized carbons (Fsp3) is 0.471. The van der Waals surface area contributed by atoms with Gasteiger partial charge in [-0.3, -0.25) is 0 Å². The fourth-order valence-electron chi connectivity index (χ4n) is 4.83. The van der Waals surface area contributed by atoms with Crippen molar-refractivity contribution in [3.8, 4) is 16.9 Å². The quantitative estimate of drug-likeness (QED) is 0.0729. The van der Waals surface area contributed by atoms with E-state index in [1.807, 2.05) is 6.07 Å². The second kappa shape index (κ2) is 16.2. The Morgan fingerprint density at radius 1 is 0.846 bits per heavy atom. The van der Waals surface area contributed by atoms with Gasteiger partial charge >= 0.3 is 5.97 Å². The van der Waals surface area contributed by atoms with E-state index in [1.54, 1.807) is 6.92 Å². The topological polar surface area (TPSA) is 40.5 Å². The third kappa shape index (κ3) is 9.65. The lowest BCUT2D eigenvalue weighted by Crippen LogP contribution is -2.06. The maximum absolute atomic E-state index is 11.3. The first kappa shape index (κ1) is 30.6. The predicted octanol–water partition coefficient (Wildman–Crippen LogP) is 10.0. The Morgan fingerprint density at radius 2 is 1.44 bits per heavy atom. The van der Waals surface area contributed by atoms with Crippen LogP contribution in [0.15, 0.2) is 66.7 Å². The van der Waals surface area contributed by atoms with Crippen LogP contribution in [0.3, 0.4) is 0 Å². The van der Waals surface area contributed by atoms with Gasteiger partial charge < -0.3 is 14.0 Å². The molecule has 5 heteroatoms. The largest absolute Gasteiger partial charge is 0.494 e. The van der Waals surface area contributed by atoms with E-state index in [4.69, 9.17) is 21.7 Å². The number of fused-ring (bicyclic) bond motifs is 1. The van der Waals surface area contributed by atoms with Crippen LogP contribution in [-0.2, 0) is 9.53 Å². The first-order chi connectivity index (χ1) is 18.9. The van der Waals surface area contributed by atoms with Crippen LogP contribution in [0, 0.1) is 4.64 Å². The predicted molar refractivity (Wildman–Crippen MR) is 166 cm³/mol. The van der Waals surface area contributed by atoms with Crippen molar-refractivity contribution < 1.29 is 14.3 Å². The van der Waals surface area contributed by atoms with Crippen molar-refractivity contribution in [2.24, 2.45) is 0 Å². The van der Waals surface area contributed by atoms with Crippen LogP contribution in [0.2, 0.25) is 0 Å². The van der Waals surface area contributed by atoms with Crippen LogP contribution < -0.4 is 4.74 Å². The molecule has 0 unspecified atom stereocenters. The number of pyridine rings is 1. The number of nitrogens with zero attached hydrogens (tertiary/aromatic N) is 1. The van der Waals surface area contributed by atoms with Gasteiger partial charge in [0, 0.05) is 23.2 Å². The molecule has 2 aromatic carbocycles. The van der Waals surface area contributed by atoms with Crippen molar-refractivity contribution in [3.63, 3.8) is 0 Å². The minimum Gasteiger partial charge on any atom is -0.494 e. The Labute approximate surface area is 240 Å². The van der Waals surface area contributed by atoms with Crippen LogP contribution in [0.1, 0.15) is 91.0 Å². The second-order valence-electron chi connectivity index (χ2n) is 10.7. The van der Waals surface area contributed by atoms with Gasteiger partial charge in [0.2, 0.25) is 0 Å². The zero-order valence-corrected chi connectivity index (χ0v) is 24.9. The normalized spacial score (nSPS) is 11.2. The van der Waals surface area contributed by atoms with Gasteiger partial charge in [-0.05, 0) is 62.8 Å². The average Bonchev–Trinajstić information content (AvgIpc) is 2.92. The molecule has 0 saturated heterocycles. The van der Waals surface area contributed by atoms with Gasteiger partial charge in [-0.2, -0.15) is 0 Å². The van der Waals surface area contributed by atoms with Crippen LogP contribution in [0.4, 0.5) is 0 Å². The van der Waals surface area contributed by atoms with E-state index in [-0.39, 0.29) is 12.0 Å². The molecule has 0 aliphatic rings. The Morgan fingerprint density at radius 3 is 2.03 bits per heavy atom. The molecule has 4 nitrogen and oxygen atoms in total. The van der Waals surface area contributed by atoms with Gasteiger partial charge in [0.05, 0.1) is 18.7 Å². The highest BCUT2D eigenvalue weighted by atomic mass is 32.1. The molecule has 0 radical (unpaired) electrons. The van der Waals surface area contributed by atoms with Gasteiger partial charge in [-0.25, -0.2) is 4.79 Å². The highest BCUT2D eigenvalue weighted by molar-refractivity contribution is 7.71. The molecule has 0 saturated carbocycles. The van der Waals surface area contributed by atoms with Crippen molar-refractivity contribution in [1.82, 2.24) is 4.57 Å². The molecule has 3 aromatic rings. The summed E-state index contributed by atoms with van der Waals surface area (Å²) in [6, 6.07) is 19.2. The minimum absolute atomic E-state index is 0.255. The van der Waals surface area contributed by atoms with Crippen molar-refractivity contribution >= 4 is 29.1 Å². The summed E-state index contributed by atoms with van der Waals surface area (Å²) in [7, 11) is 0. The summed E-state index contributed by atoms with van der Waals surface area (Å²) in [5.74, 6) is 0.633. The summed E-state index contributed by atoms with van der Waals surface area (Å²) in [6.45, 7) is 10.9. The smallest absolute Gasteiger partial charge is 0.333 e. The SMILES string of the molecule is C=C(C)C(=O)OCCCCCCCCCCCCOc1ccc2cc(-c3ccccc3)c(=S)n(C(C)C)c2c1. The van der Waals surface area contributed by atoms with Crippen molar-refractivity contribution in [1.29, 1.82) is 0 Å². The Hall–Kier alpha value is -2.92. The van der Waals surface area contributed by atoms with E-state index >= 15 is 0 Å². The maximum Gasteiger partial charge on any atom is 0.333 e. The summed E-state index contributed by atoms with van der Waals surface area (Å²) in [5, 5.41) is 1.18. The standard InChI is InChI=1S/C34H45NO3S/c1-26(2)34(36)38-23-17-12-10-8-6-5-7-9-11-16-22-37-30-21-20-29-24-31(28-18-14-13-15-19-28)33(39)35(27(3)4)32(29)25-30/h13-15,18-21,24-25,27H,1,5-12,16-17,22-23H2,2-4H3. The maximum atomic E-state index is 11.3.